The molecule has 0 spiro atoms. The molecule has 1 aromatic heterocycles. The third kappa shape index (κ3) is 1.52. The Kier molecular flexibility index (Phi) is 2.42. The highest BCUT2D eigenvalue weighted by atomic mass is 35.5. The van der Waals surface area contributed by atoms with E-state index in [-0.39, 0.29) is 0 Å². The minimum Gasteiger partial charge on any atom is -0.478 e. The number of pyridine rings is 1. The molecule has 1 heterocycles. The van der Waals surface area contributed by atoms with Gasteiger partial charge >= 0.3 is 5.97 Å². The van der Waals surface area contributed by atoms with Crippen molar-refractivity contribution in [2.24, 2.45) is 0 Å². The van der Waals surface area contributed by atoms with Crippen LogP contribution in [0.3, 0.4) is 0 Å². The molecule has 1 N–H and O–H groups in total. The topological polar surface area (TPSA) is 50.2 Å². The van der Waals surface area contributed by atoms with Gasteiger partial charge in [0.25, 0.3) is 0 Å². The summed E-state index contributed by atoms with van der Waals surface area (Å²) < 4.78 is 0. The van der Waals surface area contributed by atoms with Crippen LogP contribution in [0.2, 0.25) is 5.02 Å². The molecule has 0 saturated carbocycles. The molecule has 1 aliphatic rings. The first kappa shape index (κ1) is 11.0. The van der Waals surface area contributed by atoms with Gasteiger partial charge in [0, 0.05) is 23.4 Å². The second kappa shape index (κ2) is 3.96. The van der Waals surface area contributed by atoms with Crippen LogP contribution in [0.15, 0.2) is 42.6 Å². The lowest BCUT2D eigenvalue weighted by atomic mass is 10.0. The van der Waals surface area contributed by atoms with E-state index >= 15 is 0 Å². The highest BCUT2D eigenvalue weighted by Crippen LogP contribution is 2.45. The molecule has 4 heteroatoms. The fraction of sp³-hybridized carbons (Fsp3) is 0. The summed E-state index contributed by atoms with van der Waals surface area (Å²) in [5.74, 6) is -0.979. The van der Waals surface area contributed by atoms with Crippen molar-refractivity contribution < 1.29 is 9.90 Å². The smallest absolute Gasteiger partial charge is 0.328 e. The fourth-order valence-corrected chi connectivity index (χ4v) is 2.50. The molecule has 3 nitrogen and oxygen atoms in total. The van der Waals surface area contributed by atoms with Gasteiger partial charge in [-0.3, -0.25) is 4.98 Å². The van der Waals surface area contributed by atoms with Crippen LogP contribution in [0.25, 0.3) is 16.8 Å². The van der Waals surface area contributed by atoms with Gasteiger partial charge in [0.15, 0.2) is 0 Å². The quantitative estimate of drug-likeness (QED) is 0.681. The second-order valence-electron chi connectivity index (χ2n) is 3.96. The van der Waals surface area contributed by atoms with Gasteiger partial charge < -0.3 is 5.11 Å². The van der Waals surface area contributed by atoms with Crippen LogP contribution in [0.5, 0.6) is 0 Å². The summed E-state index contributed by atoms with van der Waals surface area (Å²) in [5, 5.41) is 9.55. The van der Waals surface area contributed by atoms with E-state index in [0.29, 0.717) is 10.6 Å². The molecule has 1 aliphatic carbocycles. The highest BCUT2D eigenvalue weighted by molar-refractivity contribution is 6.34. The first-order valence-electron chi connectivity index (χ1n) is 5.38. The highest BCUT2D eigenvalue weighted by Gasteiger charge is 2.26. The van der Waals surface area contributed by atoms with Crippen molar-refractivity contribution in [1.29, 1.82) is 0 Å². The fourth-order valence-electron chi connectivity index (χ4n) is 2.24. The summed E-state index contributed by atoms with van der Waals surface area (Å²) in [7, 11) is 0. The molecular weight excluding hydrogens is 250 g/mol. The first-order chi connectivity index (χ1) is 8.68. The number of aromatic nitrogens is 1. The van der Waals surface area contributed by atoms with Gasteiger partial charge in [-0.1, -0.05) is 29.8 Å². The number of carboxylic acids is 1. The lowest BCUT2D eigenvalue weighted by Crippen LogP contribution is -1.91. The Morgan fingerprint density at radius 1 is 1.22 bits per heavy atom. The number of nitrogens with zero attached hydrogens (tertiary/aromatic N) is 1. The van der Waals surface area contributed by atoms with Gasteiger partial charge in [-0.2, -0.15) is 0 Å². The van der Waals surface area contributed by atoms with Gasteiger partial charge in [-0.15, -0.1) is 0 Å². The Labute approximate surface area is 108 Å². The number of fused-ring (bicyclic) bond motifs is 3. The molecule has 0 atom stereocenters. The van der Waals surface area contributed by atoms with Crippen LogP contribution in [0, 0.1) is 0 Å². The summed E-state index contributed by atoms with van der Waals surface area (Å²) in [4.78, 5) is 15.2. The average molecular weight is 258 g/mol. The van der Waals surface area contributed by atoms with Gasteiger partial charge in [0.2, 0.25) is 0 Å². The van der Waals surface area contributed by atoms with Crippen molar-refractivity contribution in [1.82, 2.24) is 4.98 Å². The van der Waals surface area contributed by atoms with E-state index in [1.165, 1.54) is 6.08 Å². The molecule has 88 valence electrons. The number of aliphatic carboxylic acids is 1. The lowest BCUT2D eigenvalue weighted by Gasteiger charge is -2.01. The van der Waals surface area contributed by atoms with E-state index in [1.807, 2.05) is 18.2 Å². The SMILES string of the molecule is O=C(O)/C=C1\c2cccnc2-c2c(Cl)cccc21. The molecule has 0 saturated heterocycles. The molecule has 0 amide bonds. The van der Waals surface area contributed by atoms with Crippen LogP contribution < -0.4 is 0 Å². The maximum atomic E-state index is 10.9. The Balaban J connectivity index is 2.39. The summed E-state index contributed by atoms with van der Waals surface area (Å²) in [6.07, 6.45) is 2.87. The first-order valence-corrected chi connectivity index (χ1v) is 5.75. The zero-order valence-electron chi connectivity index (χ0n) is 9.22. The van der Waals surface area contributed by atoms with E-state index in [4.69, 9.17) is 16.7 Å². The molecule has 2 aromatic rings. The predicted molar refractivity (Wildman–Crippen MR) is 69.4 cm³/mol. The molecule has 3 rings (SSSR count). The third-order valence-corrected chi connectivity index (χ3v) is 3.22. The Morgan fingerprint density at radius 2 is 2.00 bits per heavy atom. The van der Waals surface area contributed by atoms with Crippen LogP contribution in [-0.2, 0) is 4.79 Å². The number of carboxylic acid groups (broad SMARTS) is 1. The predicted octanol–water partition coefficient (Wildman–Crippen LogP) is 3.23. The summed E-state index contributed by atoms with van der Waals surface area (Å²) in [6.45, 7) is 0. The standard InChI is InChI=1S/C14H8ClNO2/c15-11-5-1-3-8-10(7-12(17)18)9-4-2-6-16-14(9)13(8)11/h1-7H,(H,17,18)/b10-7-. The lowest BCUT2D eigenvalue weighted by molar-refractivity contribution is -0.131. The summed E-state index contributed by atoms with van der Waals surface area (Å²) in [5.41, 5.74) is 3.83. The van der Waals surface area contributed by atoms with Crippen LogP contribution in [0.4, 0.5) is 0 Å². The molecule has 0 fully saturated rings. The minimum atomic E-state index is -0.979. The van der Waals surface area contributed by atoms with E-state index in [2.05, 4.69) is 4.98 Å². The van der Waals surface area contributed by atoms with E-state index in [9.17, 15) is 4.79 Å². The number of rotatable bonds is 1. The van der Waals surface area contributed by atoms with Gasteiger partial charge in [0.1, 0.15) is 0 Å². The molecule has 0 aliphatic heterocycles. The van der Waals surface area contributed by atoms with E-state index in [0.717, 1.165) is 22.4 Å². The van der Waals surface area contributed by atoms with E-state index in [1.54, 1.807) is 18.3 Å². The monoisotopic (exact) mass is 257 g/mol. The summed E-state index contributed by atoms with van der Waals surface area (Å²) >= 11 is 6.18. The van der Waals surface area contributed by atoms with Crippen LogP contribution >= 0.6 is 11.6 Å². The zero-order chi connectivity index (χ0) is 12.7. The normalized spacial score (nSPS) is 14.4. The molecule has 18 heavy (non-hydrogen) atoms. The van der Waals surface area contributed by atoms with Crippen molar-refractivity contribution in [2.75, 3.05) is 0 Å². The van der Waals surface area contributed by atoms with Crippen LogP contribution in [-0.4, -0.2) is 16.1 Å². The van der Waals surface area contributed by atoms with Gasteiger partial charge in [-0.05, 0) is 23.3 Å². The zero-order valence-corrected chi connectivity index (χ0v) is 9.98. The van der Waals surface area contributed by atoms with Gasteiger partial charge in [0.05, 0.1) is 10.7 Å². The third-order valence-electron chi connectivity index (χ3n) is 2.91. The molecule has 0 radical (unpaired) electrons. The molecule has 0 unspecified atom stereocenters. The van der Waals surface area contributed by atoms with Crippen molar-refractivity contribution in [2.45, 2.75) is 0 Å². The maximum Gasteiger partial charge on any atom is 0.328 e. The Morgan fingerprint density at radius 3 is 2.78 bits per heavy atom. The molecule has 0 bridgehead atoms. The number of hydrogen-bond donors (Lipinski definition) is 1. The summed E-state index contributed by atoms with van der Waals surface area (Å²) in [6, 6.07) is 9.09. The average Bonchev–Trinajstić information content (AvgIpc) is 2.65. The van der Waals surface area contributed by atoms with Crippen molar-refractivity contribution in [3.8, 4) is 11.3 Å². The maximum absolute atomic E-state index is 10.9. The van der Waals surface area contributed by atoms with Crippen molar-refractivity contribution in [3.05, 3.63) is 58.8 Å². The number of hydrogen-bond acceptors (Lipinski definition) is 2. The number of carbonyl (C=O) groups is 1. The van der Waals surface area contributed by atoms with Crippen molar-refractivity contribution >= 4 is 23.1 Å². The Hall–Kier alpha value is -2.13. The largest absolute Gasteiger partial charge is 0.478 e. The number of benzene rings is 1. The second-order valence-corrected chi connectivity index (χ2v) is 4.37. The molecule has 1 aromatic carbocycles. The van der Waals surface area contributed by atoms with Crippen molar-refractivity contribution in [3.63, 3.8) is 0 Å². The Bertz CT molecular complexity index is 692. The van der Waals surface area contributed by atoms with Crippen LogP contribution in [0.1, 0.15) is 11.1 Å². The van der Waals surface area contributed by atoms with E-state index < -0.39 is 5.97 Å². The van der Waals surface area contributed by atoms with Gasteiger partial charge in [-0.25, -0.2) is 4.79 Å². The molecular formula is C14H8ClNO2. The minimum absolute atomic E-state index is 0.584. The number of halogens is 1.